The lowest BCUT2D eigenvalue weighted by Gasteiger charge is -2.07. The van der Waals surface area contributed by atoms with Gasteiger partial charge >= 0.3 is 5.69 Å². The molecule has 2 aromatic rings. The Kier molecular flexibility index (Phi) is 3.38. The summed E-state index contributed by atoms with van der Waals surface area (Å²) in [7, 11) is -3.97. The smallest absolute Gasteiger partial charge is 0.428 e. The van der Waals surface area contributed by atoms with Crippen molar-refractivity contribution in [2.45, 2.75) is 11.8 Å². The first-order chi connectivity index (χ1) is 9.01. The van der Waals surface area contributed by atoms with Crippen LogP contribution in [0.25, 0.3) is 15.7 Å². The lowest BCUT2D eigenvalue weighted by atomic mass is 10.1. The summed E-state index contributed by atoms with van der Waals surface area (Å²) in [6.07, 6.45) is 0. The SMILES string of the molecule is CCOS(=O)(=O)c1cc([N+]#N)c(O)c2ccccc12. The second-order valence-corrected chi connectivity index (χ2v) is 5.33. The summed E-state index contributed by atoms with van der Waals surface area (Å²) in [5, 5.41) is 19.3. The number of rotatable bonds is 3. The first kappa shape index (κ1) is 13.3. The number of phenols is 1. The highest BCUT2D eigenvalue weighted by molar-refractivity contribution is 7.87. The van der Waals surface area contributed by atoms with E-state index in [9.17, 15) is 13.5 Å². The van der Waals surface area contributed by atoms with Crippen LogP contribution >= 0.6 is 0 Å². The largest absolute Gasteiger partial charge is 0.501 e. The molecule has 98 valence electrons. The predicted octanol–water partition coefficient (Wildman–Crippen LogP) is 2.76. The van der Waals surface area contributed by atoms with Crippen molar-refractivity contribution in [1.82, 2.24) is 0 Å². The van der Waals surface area contributed by atoms with Gasteiger partial charge in [-0.1, -0.05) is 24.3 Å². The van der Waals surface area contributed by atoms with E-state index in [0.717, 1.165) is 6.07 Å². The number of hydrogen-bond acceptors (Lipinski definition) is 5. The van der Waals surface area contributed by atoms with Gasteiger partial charge < -0.3 is 5.11 Å². The molecule has 0 bridgehead atoms. The zero-order valence-electron chi connectivity index (χ0n) is 10.1. The fourth-order valence-corrected chi connectivity index (χ4v) is 2.96. The Bertz CT molecular complexity index is 778. The van der Waals surface area contributed by atoms with Gasteiger partial charge in [-0.2, -0.15) is 8.42 Å². The zero-order chi connectivity index (χ0) is 14.0. The number of phenolic OH excluding ortho intramolecular Hbond substituents is 1. The Morgan fingerprint density at radius 1 is 1.32 bits per heavy atom. The van der Waals surface area contributed by atoms with Gasteiger partial charge in [0.25, 0.3) is 10.1 Å². The minimum atomic E-state index is -3.97. The third-order valence-corrected chi connectivity index (χ3v) is 4.03. The van der Waals surface area contributed by atoms with Crippen LogP contribution in [0.4, 0.5) is 5.69 Å². The first-order valence-corrected chi connectivity index (χ1v) is 6.91. The van der Waals surface area contributed by atoms with E-state index in [1.165, 1.54) is 6.07 Å². The fourth-order valence-electron chi connectivity index (χ4n) is 1.81. The van der Waals surface area contributed by atoms with Crippen LogP contribution in [-0.2, 0) is 14.3 Å². The van der Waals surface area contributed by atoms with Crippen LogP contribution in [0.15, 0.2) is 35.2 Å². The van der Waals surface area contributed by atoms with Crippen molar-refractivity contribution in [3.05, 3.63) is 35.3 Å². The topological polar surface area (TPSA) is 91.8 Å². The van der Waals surface area contributed by atoms with Crippen LogP contribution < -0.4 is 0 Å². The molecule has 0 unspecified atom stereocenters. The molecule has 2 aromatic carbocycles. The Morgan fingerprint density at radius 2 is 1.95 bits per heavy atom. The molecule has 19 heavy (non-hydrogen) atoms. The maximum absolute atomic E-state index is 12.0. The van der Waals surface area contributed by atoms with E-state index in [1.807, 2.05) is 0 Å². The second kappa shape index (κ2) is 4.84. The molecule has 6 nitrogen and oxygen atoms in total. The molecule has 0 aliphatic rings. The molecule has 0 aromatic heterocycles. The van der Waals surface area contributed by atoms with Crippen LogP contribution in [0.1, 0.15) is 6.92 Å². The van der Waals surface area contributed by atoms with Crippen molar-refractivity contribution in [3.8, 4) is 5.75 Å². The Balaban J connectivity index is 2.90. The van der Waals surface area contributed by atoms with Crippen LogP contribution in [0, 0.1) is 5.39 Å². The molecule has 0 spiro atoms. The van der Waals surface area contributed by atoms with Crippen LogP contribution in [0.3, 0.4) is 0 Å². The Labute approximate surface area is 110 Å². The molecule has 0 fully saturated rings. The average Bonchev–Trinajstić information content (AvgIpc) is 2.39. The highest BCUT2D eigenvalue weighted by atomic mass is 32.2. The second-order valence-electron chi connectivity index (χ2n) is 3.75. The van der Waals surface area contributed by atoms with E-state index in [0.29, 0.717) is 5.39 Å². The highest BCUT2D eigenvalue weighted by Gasteiger charge is 2.26. The van der Waals surface area contributed by atoms with Crippen molar-refractivity contribution >= 4 is 26.6 Å². The average molecular weight is 279 g/mol. The minimum Gasteiger partial charge on any atom is -0.501 e. The molecule has 0 atom stereocenters. The lowest BCUT2D eigenvalue weighted by molar-refractivity contribution is 0.338. The van der Waals surface area contributed by atoms with E-state index < -0.39 is 10.1 Å². The van der Waals surface area contributed by atoms with Gasteiger partial charge in [-0.3, -0.25) is 4.18 Å². The molecule has 0 aliphatic heterocycles. The molecule has 1 N–H and O–H groups in total. The summed E-state index contributed by atoms with van der Waals surface area (Å²) in [6, 6.07) is 7.43. The van der Waals surface area contributed by atoms with Gasteiger partial charge in [-0.15, -0.1) is 0 Å². The molecule has 2 rings (SSSR count). The van der Waals surface area contributed by atoms with Crippen molar-refractivity contribution < 1.29 is 17.7 Å². The summed E-state index contributed by atoms with van der Waals surface area (Å²) in [4.78, 5) is 2.74. The summed E-state index contributed by atoms with van der Waals surface area (Å²) in [5.74, 6) is -0.284. The Morgan fingerprint density at radius 3 is 2.53 bits per heavy atom. The van der Waals surface area contributed by atoms with Gasteiger partial charge in [0.15, 0.2) is 4.98 Å². The third-order valence-electron chi connectivity index (χ3n) is 2.61. The van der Waals surface area contributed by atoms with Crippen molar-refractivity contribution in [2.75, 3.05) is 6.61 Å². The van der Waals surface area contributed by atoms with Crippen LogP contribution in [0.2, 0.25) is 0 Å². The number of diazo groups is 1. The standard InChI is InChI=1S/C12H10N2O4S/c1-2-18-19(16,17)11-7-10(14-13)12(15)9-6-4-3-5-8(9)11/h3-7H,2H2,1H3/p+1. The summed E-state index contributed by atoms with van der Waals surface area (Å²) in [6.45, 7) is 1.54. The van der Waals surface area contributed by atoms with Gasteiger partial charge in [-0.05, 0) is 6.92 Å². The maximum Gasteiger partial charge on any atom is 0.428 e. The van der Waals surface area contributed by atoms with Gasteiger partial charge in [-0.25, -0.2) is 0 Å². The third kappa shape index (κ3) is 2.23. The molecule has 0 aliphatic carbocycles. The highest BCUT2D eigenvalue weighted by Crippen LogP contribution is 2.39. The van der Waals surface area contributed by atoms with E-state index in [2.05, 4.69) is 4.98 Å². The molecule has 0 heterocycles. The molecule has 0 saturated heterocycles. The van der Waals surface area contributed by atoms with Gasteiger partial charge in [0.1, 0.15) is 4.90 Å². The van der Waals surface area contributed by atoms with Crippen LogP contribution in [-0.4, -0.2) is 20.1 Å². The minimum absolute atomic E-state index is 0.0108. The molecule has 0 amide bonds. The van der Waals surface area contributed by atoms with E-state index in [1.54, 1.807) is 25.1 Å². The number of benzene rings is 2. The van der Waals surface area contributed by atoms with Crippen molar-refractivity contribution in [3.63, 3.8) is 0 Å². The van der Waals surface area contributed by atoms with Gasteiger partial charge in [0.05, 0.1) is 12.7 Å². The number of nitrogens with zero attached hydrogens (tertiary/aromatic N) is 2. The van der Waals surface area contributed by atoms with Crippen LogP contribution in [0.5, 0.6) is 5.75 Å². The molecule has 0 saturated carbocycles. The quantitative estimate of drug-likeness (QED) is 0.689. The molecular weight excluding hydrogens is 268 g/mol. The summed E-state index contributed by atoms with van der Waals surface area (Å²) in [5.41, 5.74) is -0.225. The summed E-state index contributed by atoms with van der Waals surface area (Å²) < 4.78 is 28.7. The van der Waals surface area contributed by atoms with Gasteiger partial charge in [0.2, 0.25) is 11.1 Å². The normalized spacial score (nSPS) is 11.4. The predicted molar refractivity (Wildman–Crippen MR) is 69.2 cm³/mol. The lowest BCUT2D eigenvalue weighted by Crippen LogP contribution is -2.06. The molecule has 0 radical (unpaired) electrons. The van der Waals surface area contributed by atoms with Gasteiger partial charge in [0, 0.05) is 10.8 Å². The Hall–Kier alpha value is -2.17. The number of fused-ring (bicyclic) bond motifs is 1. The van der Waals surface area contributed by atoms with Crippen molar-refractivity contribution in [2.24, 2.45) is 0 Å². The number of aromatic hydroxyl groups is 1. The maximum atomic E-state index is 12.0. The van der Waals surface area contributed by atoms with E-state index in [4.69, 9.17) is 9.58 Å². The van der Waals surface area contributed by atoms with E-state index in [-0.39, 0.29) is 28.3 Å². The summed E-state index contributed by atoms with van der Waals surface area (Å²) >= 11 is 0. The number of hydrogen-bond donors (Lipinski definition) is 1. The molecule has 7 heteroatoms. The molecular formula is C12H11N2O4S+. The fraction of sp³-hybridized carbons (Fsp3) is 0.167. The van der Waals surface area contributed by atoms with Crippen molar-refractivity contribution in [1.29, 1.82) is 5.39 Å². The first-order valence-electron chi connectivity index (χ1n) is 5.50. The zero-order valence-corrected chi connectivity index (χ0v) is 10.9. The van der Waals surface area contributed by atoms with E-state index >= 15 is 0 Å². The monoisotopic (exact) mass is 279 g/mol.